The number of amides is 2. The van der Waals surface area contributed by atoms with E-state index in [0.29, 0.717) is 23.6 Å². The summed E-state index contributed by atoms with van der Waals surface area (Å²) in [5.74, 6) is -0.0460. The van der Waals surface area contributed by atoms with Crippen LogP contribution in [0.5, 0.6) is 0 Å². The van der Waals surface area contributed by atoms with Gasteiger partial charge < -0.3 is 10.2 Å². The Morgan fingerprint density at radius 2 is 1.67 bits per heavy atom. The summed E-state index contributed by atoms with van der Waals surface area (Å²) in [4.78, 5) is 25.9. The van der Waals surface area contributed by atoms with Gasteiger partial charge in [-0.2, -0.15) is 5.10 Å². The summed E-state index contributed by atoms with van der Waals surface area (Å²) in [6.07, 6.45) is 2.06. The lowest BCUT2D eigenvalue weighted by Crippen LogP contribution is -2.18. The Labute approximate surface area is 160 Å². The lowest BCUT2D eigenvalue weighted by Gasteiger charge is -2.11. The average Bonchev–Trinajstić information content (AvgIpc) is 2.62. The Kier molecular flexibility index (Phi) is 7.11. The zero-order valence-electron chi connectivity index (χ0n) is 16.2. The van der Waals surface area contributed by atoms with Crippen molar-refractivity contribution in [3.63, 3.8) is 0 Å². The first kappa shape index (κ1) is 20.2. The molecule has 0 fully saturated rings. The molecule has 0 atom stereocenters. The summed E-state index contributed by atoms with van der Waals surface area (Å²) in [6, 6.07) is 14.5. The maximum atomic E-state index is 12.1. The van der Waals surface area contributed by atoms with Crippen LogP contribution < -0.4 is 15.6 Å². The Bertz CT molecular complexity index is 794. The Morgan fingerprint density at radius 3 is 2.22 bits per heavy atom. The highest BCUT2D eigenvalue weighted by Gasteiger charge is 2.07. The number of hydrogen-bond donors (Lipinski definition) is 2. The molecule has 2 aromatic carbocycles. The third-order valence-corrected chi connectivity index (χ3v) is 3.81. The topological polar surface area (TPSA) is 73.8 Å². The lowest BCUT2D eigenvalue weighted by molar-refractivity contribution is -0.116. The maximum absolute atomic E-state index is 12.1. The molecular formula is C21H26N4O2. The minimum Gasteiger partial charge on any atom is -0.378 e. The van der Waals surface area contributed by atoms with Gasteiger partial charge in [0.1, 0.15) is 0 Å². The SMILES string of the molecule is CC(C)CC(=O)Nc1ccc(C(=O)N/N=C/c2ccc(N(C)C)cc2)cc1. The predicted molar refractivity (Wildman–Crippen MR) is 110 cm³/mol. The molecule has 0 aliphatic heterocycles. The highest BCUT2D eigenvalue weighted by Crippen LogP contribution is 2.12. The van der Waals surface area contributed by atoms with Crippen LogP contribution in [0.2, 0.25) is 0 Å². The molecule has 142 valence electrons. The highest BCUT2D eigenvalue weighted by atomic mass is 16.2. The standard InChI is InChI=1S/C21H26N4O2/c1-15(2)13-20(26)23-18-9-7-17(8-10-18)21(27)24-22-14-16-5-11-19(12-6-16)25(3)4/h5-12,14-15H,13H2,1-4H3,(H,23,26)(H,24,27)/b22-14+. The molecule has 0 saturated heterocycles. The highest BCUT2D eigenvalue weighted by molar-refractivity contribution is 5.96. The van der Waals surface area contributed by atoms with Crippen LogP contribution in [-0.2, 0) is 4.79 Å². The van der Waals surface area contributed by atoms with Crippen LogP contribution in [-0.4, -0.2) is 32.1 Å². The Morgan fingerprint density at radius 1 is 1.04 bits per heavy atom. The molecule has 0 radical (unpaired) electrons. The van der Waals surface area contributed by atoms with Crippen LogP contribution in [0.15, 0.2) is 53.6 Å². The monoisotopic (exact) mass is 366 g/mol. The van der Waals surface area contributed by atoms with Crippen LogP contribution >= 0.6 is 0 Å². The maximum Gasteiger partial charge on any atom is 0.271 e. The van der Waals surface area contributed by atoms with Crippen molar-refractivity contribution in [1.29, 1.82) is 0 Å². The van der Waals surface area contributed by atoms with E-state index in [1.165, 1.54) is 0 Å². The summed E-state index contributed by atoms with van der Waals surface area (Å²) >= 11 is 0. The molecular weight excluding hydrogens is 340 g/mol. The van der Waals surface area contributed by atoms with Gasteiger partial charge in [-0.25, -0.2) is 5.43 Å². The zero-order chi connectivity index (χ0) is 19.8. The van der Waals surface area contributed by atoms with E-state index in [9.17, 15) is 9.59 Å². The number of benzene rings is 2. The molecule has 2 N–H and O–H groups in total. The zero-order valence-corrected chi connectivity index (χ0v) is 16.2. The van der Waals surface area contributed by atoms with Crippen LogP contribution in [0.25, 0.3) is 0 Å². The third kappa shape index (κ3) is 6.58. The van der Waals surface area contributed by atoms with Crippen molar-refractivity contribution in [2.45, 2.75) is 20.3 Å². The molecule has 2 amide bonds. The van der Waals surface area contributed by atoms with Gasteiger partial charge in [0.15, 0.2) is 0 Å². The van der Waals surface area contributed by atoms with E-state index >= 15 is 0 Å². The molecule has 27 heavy (non-hydrogen) atoms. The van der Waals surface area contributed by atoms with Gasteiger partial charge >= 0.3 is 0 Å². The summed E-state index contributed by atoms with van der Waals surface area (Å²) in [7, 11) is 3.95. The van der Waals surface area contributed by atoms with Crippen LogP contribution in [0.3, 0.4) is 0 Å². The fraction of sp³-hybridized carbons (Fsp3) is 0.286. The van der Waals surface area contributed by atoms with E-state index in [1.54, 1.807) is 30.5 Å². The van der Waals surface area contributed by atoms with Gasteiger partial charge in [0, 0.05) is 37.5 Å². The lowest BCUT2D eigenvalue weighted by atomic mass is 10.1. The molecule has 6 heteroatoms. The average molecular weight is 366 g/mol. The van der Waals surface area contributed by atoms with E-state index in [2.05, 4.69) is 15.8 Å². The predicted octanol–water partition coefficient (Wildman–Crippen LogP) is 3.50. The fourth-order valence-electron chi connectivity index (χ4n) is 2.38. The first-order valence-corrected chi connectivity index (χ1v) is 8.86. The molecule has 0 aliphatic carbocycles. The van der Waals surface area contributed by atoms with Crippen molar-refractivity contribution >= 4 is 29.4 Å². The van der Waals surface area contributed by atoms with Crippen LogP contribution in [0.4, 0.5) is 11.4 Å². The number of hydrazone groups is 1. The second kappa shape index (κ2) is 9.52. The normalized spacial score (nSPS) is 10.9. The van der Waals surface area contributed by atoms with E-state index in [1.807, 2.05) is 57.1 Å². The summed E-state index contributed by atoms with van der Waals surface area (Å²) in [5.41, 5.74) is 5.63. The van der Waals surface area contributed by atoms with Gasteiger partial charge in [-0.05, 0) is 47.9 Å². The summed E-state index contributed by atoms with van der Waals surface area (Å²) in [6.45, 7) is 3.98. The van der Waals surface area contributed by atoms with Crippen molar-refractivity contribution < 1.29 is 9.59 Å². The number of nitrogens with zero attached hydrogens (tertiary/aromatic N) is 2. The minimum absolute atomic E-state index is 0.0351. The number of nitrogens with one attached hydrogen (secondary N) is 2. The molecule has 2 aromatic rings. The first-order chi connectivity index (χ1) is 12.8. The van der Waals surface area contributed by atoms with E-state index in [0.717, 1.165) is 11.3 Å². The van der Waals surface area contributed by atoms with Gasteiger partial charge in [0.2, 0.25) is 5.91 Å². The van der Waals surface area contributed by atoms with E-state index in [4.69, 9.17) is 0 Å². The molecule has 6 nitrogen and oxygen atoms in total. The molecule has 0 aromatic heterocycles. The molecule has 0 saturated carbocycles. The Balaban J connectivity index is 1.89. The van der Waals surface area contributed by atoms with Gasteiger partial charge in [-0.1, -0.05) is 26.0 Å². The summed E-state index contributed by atoms with van der Waals surface area (Å²) in [5, 5.41) is 6.80. The largest absolute Gasteiger partial charge is 0.378 e. The molecule has 0 bridgehead atoms. The fourth-order valence-corrected chi connectivity index (χ4v) is 2.38. The summed E-state index contributed by atoms with van der Waals surface area (Å²) < 4.78 is 0. The molecule has 2 rings (SSSR count). The number of rotatable bonds is 7. The van der Waals surface area contributed by atoms with Gasteiger partial charge in [-0.15, -0.1) is 0 Å². The number of hydrogen-bond acceptors (Lipinski definition) is 4. The smallest absolute Gasteiger partial charge is 0.271 e. The van der Waals surface area contributed by atoms with Crippen LogP contribution in [0, 0.1) is 5.92 Å². The quantitative estimate of drug-likeness (QED) is 0.582. The minimum atomic E-state index is -0.309. The number of carbonyl (C=O) groups excluding carboxylic acids is 2. The van der Waals surface area contributed by atoms with Crippen molar-refractivity contribution in [3.8, 4) is 0 Å². The molecule has 0 aliphatic rings. The van der Waals surface area contributed by atoms with E-state index in [-0.39, 0.29) is 11.8 Å². The molecule has 0 unspecified atom stereocenters. The second-order valence-corrected chi connectivity index (χ2v) is 6.91. The van der Waals surface area contributed by atoms with Crippen molar-refractivity contribution in [2.24, 2.45) is 11.0 Å². The van der Waals surface area contributed by atoms with Gasteiger partial charge in [0.05, 0.1) is 6.21 Å². The number of anilines is 2. The van der Waals surface area contributed by atoms with Crippen LogP contribution in [0.1, 0.15) is 36.2 Å². The van der Waals surface area contributed by atoms with Crippen molar-refractivity contribution in [3.05, 3.63) is 59.7 Å². The van der Waals surface area contributed by atoms with Gasteiger partial charge in [0.25, 0.3) is 5.91 Å². The number of carbonyl (C=O) groups is 2. The van der Waals surface area contributed by atoms with E-state index < -0.39 is 0 Å². The third-order valence-electron chi connectivity index (χ3n) is 3.81. The van der Waals surface area contributed by atoms with Crippen molar-refractivity contribution in [1.82, 2.24) is 5.43 Å². The molecule has 0 heterocycles. The molecule has 0 spiro atoms. The first-order valence-electron chi connectivity index (χ1n) is 8.86. The second-order valence-electron chi connectivity index (χ2n) is 6.91. The van der Waals surface area contributed by atoms with Crippen molar-refractivity contribution in [2.75, 3.05) is 24.3 Å². The Hall–Kier alpha value is -3.15. The van der Waals surface area contributed by atoms with Gasteiger partial charge in [-0.3, -0.25) is 9.59 Å².